The van der Waals surface area contributed by atoms with Gasteiger partial charge in [-0.25, -0.2) is 0 Å². The highest BCUT2D eigenvalue weighted by molar-refractivity contribution is 6.00. The molecule has 0 bridgehead atoms. The second-order valence-corrected chi connectivity index (χ2v) is 6.51. The van der Waals surface area contributed by atoms with E-state index in [2.05, 4.69) is 20.5 Å². The van der Waals surface area contributed by atoms with Gasteiger partial charge in [-0.15, -0.1) is 10.2 Å². The zero-order chi connectivity index (χ0) is 21.1. The number of rotatable bonds is 5. The minimum Gasteiger partial charge on any atom is -0.421 e. The summed E-state index contributed by atoms with van der Waals surface area (Å²) in [6.07, 6.45) is -2.61. The molecule has 2 aromatic heterocycles. The largest absolute Gasteiger partial charge is 0.421 e. The molecule has 0 aliphatic rings. The molecule has 6 nitrogen and oxygen atoms in total. The summed E-state index contributed by atoms with van der Waals surface area (Å²) in [6.45, 7) is 0. The molecule has 0 spiro atoms. The number of amides is 1. The van der Waals surface area contributed by atoms with E-state index in [1.54, 1.807) is 12.3 Å². The van der Waals surface area contributed by atoms with Gasteiger partial charge in [0.1, 0.15) is 0 Å². The van der Waals surface area contributed by atoms with Gasteiger partial charge >= 0.3 is 6.18 Å². The van der Waals surface area contributed by atoms with Gasteiger partial charge in [0.15, 0.2) is 0 Å². The number of nitrogens with one attached hydrogen (secondary N) is 1. The van der Waals surface area contributed by atoms with Gasteiger partial charge < -0.3 is 9.73 Å². The van der Waals surface area contributed by atoms with E-state index in [-0.39, 0.29) is 36.1 Å². The van der Waals surface area contributed by atoms with Crippen LogP contribution in [0, 0.1) is 0 Å². The van der Waals surface area contributed by atoms with Gasteiger partial charge in [0.2, 0.25) is 17.7 Å². The number of aromatic nitrogens is 3. The predicted molar refractivity (Wildman–Crippen MR) is 103 cm³/mol. The van der Waals surface area contributed by atoms with E-state index in [4.69, 9.17) is 4.42 Å². The molecule has 2 aromatic carbocycles. The molecule has 2 heterocycles. The van der Waals surface area contributed by atoms with Crippen molar-refractivity contribution in [2.24, 2.45) is 0 Å². The second kappa shape index (κ2) is 7.94. The van der Waals surface area contributed by atoms with Crippen molar-refractivity contribution < 1.29 is 22.4 Å². The highest BCUT2D eigenvalue weighted by Crippen LogP contribution is 2.31. The molecule has 0 aliphatic heterocycles. The van der Waals surface area contributed by atoms with E-state index in [1.807, 2.05) is 24.3 Å². The summed E-state index contributed by atoms with van der Waals surface area (Å²) >= 11 is 0. The smallest absolute Gasteiger partial charge is 0.416 e. The van der Waals surface area contributed by atoms with Crippen molar-refractivity contribution in [2.75, 3.05) is 5.32 Å². The van der Waals surface area contributed by atoms with Crippen molar-refractivity contribution in [1.82, 2.24) is 15.2 Å². The minimum absolute atomic E-state index is 0.0326. The average molecular weight is 412 g/mol. The number of carbonyl (C=O) groups excluding carboxylic acids is 1. The van der Waals surface area contributed by atoms with Crippen molar-refractivity contribution in [3.63, 3.8) is 0 Å². The number of para-hydroxylation sites is 1. The number of hydrogen-bond acceptors (Lipinski definition) is 5. The van der Waals surface area contributed by atoms with Crippen LogP contribution in [-0.2, 0) is 17.4 Å². The summed E-state index contributed by atoms with van der Waals surface area (Å²) < 4.78 is 44.0. The van der Waals surface area contributed by atoms with Crippen LogP contribution in [0.2, 0.25) is 0 Å². The Morgan fingerprint density at radius 3 is 2.67 bits per heavy atom. The van der Waals surface area contributed by atoms with Crippen molar-refractivity contribution >= 4 is 22.5 Å². The van der Waals surface area contributed by atoms with Gasteiger partial charge in [-0.1, -0.05) is 24.3 Å². The van der Waals surface area contributed by atoms with Crippen LogP contribution in [0.15, 0.2) is 65.2 Å². The molecule has 1 amide bonds. The summed E-state index contributed by atoms with van der Waals surface area (Å²) in [4.78, 5) is 16.6. The van der Waals surface area contributed by atoms with Gasteiger partial charge in [-0.3, -0.25) is 9.78 Å². The number of alkyl halides is 3. The Balaban J connectivity index is 1.42. The minimum atomic E-state index is -4.46. The van der Waals surface area contributed by atoms with Gasteiger partial charge in [0.05, 0.1) is 16.8 Å². The van der Waals surface area contributed by atoms with Crippen LogP contribution >= 0.6 is 0 Å². The molecule has 0 saturated heterocycles. The standard InChI is InChI=1S/C21H15F3N4O2/c22-21(23,24)15-7-1-5-14(12-15)20-28-27-18(30-20)10-9-17(29)26-16-8-2-4-13-6-3-11-25-19(13)16/h1-8,11-12H,9-10H2,(H,26,29). The van der Waals surface area contributed by atoms with Crippen LogP contribution in [-0.4, -0.2) is 21.1 Å². The first-order valence-corrected chi connectivity index (χ1v) is 9.04. The molecule has 0 aliphatic carbocycles. The fraction of sp³-hybridized carbons (Fsp3) is 0.143. The maximum Gasteiger partial charge on any atom is 0.416 e. The molecule has 0 unspecified atom stereocenters. The Kier molecular flexibility index (Phi) is 5.18. The van der Waals surface area contributed by atoms with Crippen molar-refractivity contribution in [3.05, 3.63) is 72.2 Å². The maximum absolute atomic E-state index is 12.9. The Morgan fingerprint density at radius 1 is 1.03 bits per heavy atom. The molecule has 0 atom stereocenters. The molecular formula is C21H15F3N4O2. The average Bonchev–Trinajstić information content (AvgIpc) is 3.21. The van der Waals surface area contributed by atoms with Gasteiger partial charge in [-0.05, 0) is 30.3 Å². The molecule has 4 rings (SSSR count). The van der Waals surface area contributed by atoms with Crippen LogP contribution in [0.1, 0.15) is 17.9 Å². The number of benzene rings is 2. The van der Waals surface area contributed by atoms with Crippen LogP contribution in [0.25, 0.3) is 22.4 Å². The quantitative estimate of drug-likeness (QED) is 0.506. The first kappa shape index (κ1) is 19.6. The van der Waals surface area contributed by atoms with E-state index in [0.29, 0.717) is 11.2 Å². The Bertz CT molecular complexity index is 1200. The first-order valence-electron chi connectivity index (χ1n) is 9.04. The highest BCUT2D eigenvalue weighted by Gasteiger charge is 2.30. The summed E-state index contributed by atoms with van der Waals surface area (Å²) in [5.74, 6) is -0.143. The maximum atomic E-state index is 12.9. The molecule has 0 radical (unpaired) electrons. The first-order chi connectivity index (χ1) is 14.4. The lowest BCUT2D eigenvalue weighted by molar-refractivity contribution is -0.137. The fourth-order valence-electron chi connectivity index (χ4n) is 2.94. The van der Waals surface area contributed by atoms with E-state index in [9.17, 15) is 18.0 Å². The monoisotopic (exact) mass is 412 g/mol. The summed E-state index contributed by atoms with van der Waals surface area (Å²) in [7, 11) is 0. The number of fused-ring (bicyclic) bond motifs is 1. The zero-order valence-corrected chi connectivity index (χ0v) is 15.5. The normalized spacial score (nSPS) is 11.6. The number of pyridine rings is 1. The lowest BCUT2D eigenvalue weighted by atomic mass is 10.1. The number of carbonyl (C=O) groups is 1. The van der Waals surface area contributed by atoms with Crippen molar-refractivity contribution in [3.8, 4) is 11.5 Å². The summed E-state index contributed by atoms with van der Waals surface area (Å²) in [6, 6.07) is 13.8. The summed E-state index contributed by atoms with van der Waals surface area (Å²) in [5, 5.41) is 11.3. The Hall–Kier alpha value is -3.75. The van der Waals surface area contributed by atoms with Gasteiger partial charge in [0, 0.05) is 30.0 Å². The molecule has 0 fully saturated rings. The van der Waals surface area contributed by atoms with E-state index < -0.39 is 11.7 Å². The van der Waals surface area contributed by atoms with Crippen molar-refractivity contribution in [1.29, 1.82) is 0 Å². The molecule has 4 aromatic rings. The van der Waals surface area contributed by atoms with E-state index >= 15 is 0 Å². The van der Waals surface area contributed by atoms with Gasteiger partial charge in [0.25, 0.3) is 0 Å². The van der Waals surface area contributed by atoms with Crippen LogP contribution in [0.3, 0.4) is 0 Å². The van der Waals surface area contributed by atoms with E-state index in [1.165, 1.54) is 12.1 Å². The number of halogens is 3. The predicted octanol–water partition coefficient (Wildman–Crippen LogP) is 4.87. The SMILES string of the molecule is O=C(CCc1nnc(-c2cccc(C(F)(F)F)c2)o1)Nc1cccc2cccnc12. The topological polar surface area (TPSA) is 80.9 Å². The zero-order valence-electron chi connectivity index (χ0n) is 15.5. The van der Waals surface area contributed by atoms with Crippen LogP contribution in [0.5, 0.6) is 0 Å². The highest BCUT2D eigenvalue weighted by atomic mass is 19.4. The number of hydrogen-bond donors (Lipinski definition) is 1. The lowest BCUT2D eigenvalue weighted by Gasteiger charge is -2.07. The third-order valence-corrected chi connectivity index (χ3v) is 4.38. The molecule has 30 heavy (non-hydrogen) atoms. The number of aryl methyl sites for hydroxylation is 1. The molecule has 0 saturated carbocycles. The number of nitrogens with zero attached hydrogens (tertiary/aromatic N) is 3. The second-order valence-electron chi connectivity index (χ2n) is 6.51. The van der Waals surface area contributed by atoms with Crippen molar-refractivity contribution in [2.45, 2.75) is 19.0 Å². The Morgan fingerprint density at radius 2 is 1.83 bits per heavy atom. The molecular weight excluding hydrogens is 397 g/mol. The fourth-order valence-corrected chi connectivity index (χ4v) is 2.94. The Labute approximate surface area is 168 Å². The number of anilines is 1. The molecule has 152 valence electrons. The third kappa shape index (κ3) is 4.29. The van der Waals surface area contributed by atoms with Gasteiger partial charge in [-0.2, -0.15) is 13.2 Å². The lowest BCUT2D eigenvalue weighted by Crippen LogP contribution is -2.13. The molecule has 1 N–H and O–H groups in total. The summed E-state index contributed by atoms with van der Waals surface area (Å²) in [5.41, 5.74) is 0.629. The van der Waals surface area contributed by atoms with E-state index in [0.717, 1.165) is 17.5 Å². The van der Waals surface area contributed by atoms with Crippen LogP contribution < -0.4 is 5.32 Å². The van der Waals surface area contributed by atoms with Crippen LogP contribution in [0.4, 0.5) is 18.9 Å². The molecule has 9 heteroatoms. The third-order valence-electron chi connectivity index (χ3n) is 4.38.